The Hall–Kier alpha value is -2.11. The Labute approximate surface area is 110 Å². The highest BCUT2D eigenvalue weighted by Crippen LogP contribution is 2.13. The molecule has 0 fully saturated rings. The molecule has 0 radical (unpaired) electrons. The van der Waals surface area contributed by atoms with E-state index in [9.17, 15) is 14.0 Å². The maximum absolute atomic E-state index is 12.4. The highest BCUT2D eigenvalue weighted by Gasteiger charge is 2.20. The molecule has 1 amide bonds. The molecule has 0 aliphatic heterocycles. The van der Waals surface area contributed by atoms with Gasteiger partial charge in [0.25, 0.3) is 5.91 Å². The SMILES string of the molecule is CCCOc1cccc(C(=O)NC(CF)C(=O)O)c1. The van der Waals surface area contributed by atoms with Crippen molar-refractivity contribution in [2.24, 2.45) is 0 Å². The maximum Gasteiger partial charge on any atom is 0.328 e. The molecule has 19 heavy (non-hydrogen) atoms. The maximum atomic E-state index is 12.4. The molecule has 1 rings (SSSR count). The molecule has 0 saturated carbocycles. The summed E-state index contributed by atoms with van der Waals surface area (Å²) in [6.07, 6.45) is 0.833. The van der Waals surface area contributed by atoms with Crippen LogP contribution in [0.5, 0.6) is 5.75 Å². The molecule has 1 aromatic rings. The molecule has 1 atom stereocenters. The Bertz CT molecular complexity index is 450. The lowest BCUT2D eigenvalue weighted by Gasteiger charge is -2.11. The fourth-order valence-electron chi connectivity index (χ4n) is 1.35. The Kier molecular flexibility index (Phi) is 5.78. The van der Waals surface area contributed by atoms with E-state index in [-0.39, 0.29) is 5.56 Å². The van der Waals surface area contributed by atoms with Crippen LogP contribution in [-0.2, 0) is 4.79 Å². The first-order valence-electron chi connectivity index (χ1n) is 5.91. The van der Waals surface area contributed by atoms with Crippen LogP contribution in [0.1, 0.15) is 23.7 Å². The molecule has 0 spiro atoms. The number of carboxylic acids is 1. The fraction of sp³-hybridized carbons (Fsp3) is 0.385. The van der Waals surface area contributed by atoms with Crippen molar-refractivity contribution in [2.75, 3.05) is 13.3 Å². The molecule has 0 aliphatic rings. The first kappa shape index (κ1) is 14.9. The van der Waals surface area contributed by atoms with Crippen molar-refractivity contribution in [2.45, 2.75) is 19.4 Å². The van der Waals surface area contributed by atoms with Crippen LogP contribution >= 0.6 is 0 Å². The normalized spacial score (nSPS) is 11.7. The van der Waals surface area contributed by atoms with Gasteiger partial charge in [-0.1, -0.05) is 13.0 Å². The summed E-state index contributed by atoms with van der Waals surface area (Å²) < 4.78 is 17.8. The second-order valence-electron chi connectivity index (χ2n) is 3.89. The number of halogens is 1. The molecule has 0 aliphatic carbocycles. The van der Waals surface area contributed by atoms with E-state index < -0.39 is 24.6 Å². The molecule has 2 N–H and O–H groups in total. The number of ether oxygens (including phenoxy) is 1. The molecule has 104 valence electrons. The lowest BCUT2D eigenvalue weighted by Crippen LogP contribution is -2.42. The minimum Gasteiger partial charge on any atom is -0.494 e. The Morgan fingerprint density at radius 2 is 2.21 bits per heavy atom. The Morgan fingerprint density at radius 3 is 2.79 bits per heavy atom. The summed E-state index contributed by atoms with van der Waals surface area (Å²) in [5.74, 6) is -1.54. The van der Waals surface area contributed by atoms with E-state index in [0.717, 1.165) is 6.42 Å². The number of amides is 1. The number of rotatable bonds is 7. The van der Waals surface area contributed by atoms with Crippen LogP contribution in [-0.4, -0.2) is 36.3 Å². The van der Waals surface area contributed by atoms with E-state index in [1.54, 1.807) is 12.1 Å². The molecule has 0 aromatic heterocycles. The predicted octanol–water partition coefficient (Wildman–Crippen LogP) is 1.63. The van der Waals surface area contributed by atoms with Crippen molar-refractivity contribution in [1.29, 1.82) is 0 Å². The van der Waals surface area contributed by atoms with Crippen molar-refractivity contribution in [3.63, 3.8) is 0 Å². The first-order valence-corrected chi connectivity index (χ1v) is 5.91. The largest absolute Gasteiger partial charge is 0.494 e. The van der Waals surface area contributed by atoms with Gasteiger partial charge < -0.3 is 15.2 Å². The molecule has 5 nitrogen and oxygen atoms in total. The van der Waals surface area contributed by atoms with Gasteiger partial charge in [0.2, 0.25) is 0 Å². The minimum atomic E-state index is -1.53. The van der Waals surface area contributed by atoms with Gasteiger partial charge in [-0.25, -0.2) is 9.18 Å². The van der Waals surface area contributed by atoms with Crippen molar-refractivity contribution in [1.82, 2.24) is 5.32 Å². The molecule has 0 saturated heterocycles. The summed E-state index contributed by atoms with van der Waals surface area (Å²) >= 11 is 0. The lowest BCUT2D eigenvalue weighted by molar-refractivity contribution is -0.139. The number of aliphatic carboxylic acids is 1. The molecule has 1 unspecified atom stereocenters. The quantitative estimate of drug-likeness (QED) is 0.788. The van der Waals surface area contributed by atoms with Gasteiger partial charge in [0.05, 0.1) is 6.61 Å². The van der Waals surface area contributed by atoms with Crippen molar-refractivity contribution >= 4 is 11.9 Å². The highest BCUT2D eigenvalue weighted by molar-refractivity contribution is 5.96. The zero-order valence-electron chi connectivity index (χ0n) is 10.6. The first-order chi connectivity index (χ1) is 9.08. The number of nitrogens with one attached hydrogen (secondary N) is 1. The third-order valence-corrected chi connectivity index (χ3v) is 2.33. The van der Waals surface area contributed by atoms with Crippen LogP contribution in [0.15, 0.2) is 24.3 Å². The Balaban J connectivity index is 2.73. The van der Waals surface area contributed by atoms with Crippen molar-refractivity contribution in [3.8, 4) is 5.75 Å². The molecule has 0 bridgehead atoms. The van der Waals surface area contributed by atoms with E-state index in [2.05, 4.69) is 5.32 Å². The average Bonchev–Trinajstić information content (AvgIpc) is 2.42. The number of hydrogen-bond donors (Lipinski definition) is 2. The van der Waals surface area contributed by atoms with Crippen LogP contribution in [0.3, 0.4) is 0 Å². The van der Waals surface area contributed by atoms with Gasteiger partial charge in [0.1, 0.15) is 12.4 Å². The summed E-state index contributed by atoms with van der Waals surface area (Å²) in [4.78, 5) is 22.4. The number of benzene rings is 1. The van der Waals surface area contributed by atoms with Crippen LogP contribution in [0.2, 0.25) is 0 Å². The number of hydrogen-bond acceptors (Lipinski definition) is 3. The van der Waals surface area contributed by atoms with Crippen LogP contribution in [0.25, 0.3) is 0 Å². The monoisotopic (exact) mass is 269 g/mol. The number of carbonyl (C=O) groups excluding carboxylic acids is 1. The van der Waals surface area contributed by atoms with E-state index in [0.29, 0.717) is 12.4 Å². The topological polar surface area (TPSA) is 75.6 Å². The van der Waals surface area contributed by atoms with Crippen molar-refractivity contribution in [3.05, 3.63) is 29.8 Å². The lowest BCUT2D eigenvalue weighted by atomic mass is 10.2. The van der Waals surface area contributed by atoms with Gasteiger partial charge in [-0.3, -0.25) is 4.79 Å². The van der Waals surface area contributed by atoms with Crippen molar-refractivity contribution < 1.29 is 23.8 Å². The summed E-state index contributed by atoms with van der Waals surface area (Å²) in [7, 11) is 0. The van der Waals surface area contributed by atoms with Gasteiger partial charge in [0, 0.05) is 5.56 Å². The zero-order chi connectivity index (χ0) is 14.3. The van der Waals surface area contributed by atoms with Crippen LogP contribution < -0.4 is 10.1 Å². The summed E-state index contributed by atoms with van der Waals surface area (Å²) in [6, 6.07) is 4.77. The highest BCUT2D eigenvalue weighted by atomic mass is 19.1. The zero-order valence-corrected chi connectivity index (χ0v) is 10.6. The number of carbonyl (C=O) groups is 2. The van der Waals surface area contributed by atoms with Crippen LogP contribution in [0.4, 0.5) is 4.39 Å². The van der Waals surface area contributed by atoms with Gasteiger partial charge >= 0.3 is 5.97 Å². The van der Waals surface area contributed by atoms with Crippen LogP contribution in [0, 0.1) is 0 Å². The van der Waals surface area contributed by atoms with E-state index in [1.807, 2.05) is 6.92 Å². The third kappa shape index (κ3) is 4.57. The molecule has 1 aromatic carbocycles. The fourth-order valence-corrected chi connectivity index (χ4v) is 1.35. The minimum absolute atomic E-state index is 0.230. The summed E-state index contributed by atoms with van der Waals surface area (Å²) in [5, 5.41) is 10.8. The van der Waals surface area contributed by atoms with Gasteiger partial charge in [-0.05, 0) is 24.6 Å². The predicted molar refractivity (Wildman–Crippen MR) is 67.1 cm³/mol. The van der Waals surface area contributed by atoms with E-state index >= 15 is 0 Å². The number of alkyl halides is 1. The standard InChI is InChI=1S/C13H16FNO4/c1-2-6-19-10-5-3-4-9(7-10)12(16)15-11(8-14)13(17)18/h3-5,7,11H,2,6,8H2,1H3,(H,15,16)(H,17,18). The molecular formula is C13H16FNO4. The second kappa shape index (κ2) is 7.35. The molecule has 6 heteroatoms. The third-order valence-electron chi connectivity index (χ3n) is 2.33. The Morgan fingerprint density at radius 1 is 1.47 bits per heavy atom. The number of carboxylic acid groups (broad SMARTS) is 1. The van der Waals surface area contributed by atoms with Gasteiger partial charge in [-0.15, -0.1) is 0 Å². The second-order valence-corrected chi connectivity index (χ2v) is 3.89. The smallest absolute Gasteiger partial charge is 0.328 e. The summed E-state index contributed by atoms with van der Waals surface area (Å²) in [6.45, 7) is 1.32. The van der Waals surface area contributed by atoms with Gasteiger partial charge in [-0.2, -0.15) is 0 Å². The average molecular weight is 269 g/mol. The van der Waals surface area contributed by atoms with Gasteiger partial charge in [0.15, 0.2) is 6.04 Å². The van der Waals surface area contributed by atoms with E-state index in [4.69, 9.17) is 9.84 Å². The molecule has 0 heterocycles. The summed E-state index contributed by atoms with van der Waals surface area (Å²) in [5.41, 5.74) is 0.230. The molecular weight excluding hydrogens is 253 g/mol. The van der Waals surface area contributed by atoms with E-state index in [1.165, 1.54) is 12.1 Å².